The third-order valence-electron chi connectivity index (χ3n) is 4.97. The lowest BCUT2D eigenvalue weighted by Crippen LogP contribution is -2.30. The van der Waals surface area contributed by atoms with E-state index in [1.165, 1.54) is 17.7 Å². The van der Waals surface area contributed by atoms with Crippen LogP contribution in [-0.4, -0.2) is 28.6 Å². The molecule has 2 aromatic rings. The van der Waals surface area contributed by atoms with E-state index < -0.39 is 0 Å². The van der Waals surface area contributed by atoms with E-state index in [-0.39, 0.29) is 12.1 Å². The molecule has 0 unspecified atom stereocenters. The van der Waals surface area contributed by atoms with Crippen molar-refractivity contribution in [3.63, 3.8) is 0 Å². The number of urea groups is 1. The molecular weight excluding hydrogens is 328 g/mol. The molecule has 1 aliphatic carbocycles. The summed E-state index contributed by atoms with van der Waals surface area (Å²) < 4.78 is 5.68. The lowest BCUT2D eigenvalue weighted by Gasteiger charge is -2.10. The second-order valence-corrected chi connectivity index (χ2v) is 7.09. The highest BCUT2D eigenvalue weighted by Gasteiger charge is 2.19. The quantitative estimate of drug-likeness (QED) is 0.887. The molecule has 2 heterocycles. The average molecular weight is 352 g/mol. The van der Waals surface area contributed by atoms with Crippen LogP contribution in [0.3, 0.4) is 0 Å². The standard InChI is InChI=1S/C20H24N4O2/c1-12-10-14-11-15(6-7-18(14)26-12)23-20(25)21-9-8-19-22-13(2)16-4-3-5-17(16)24-19/h6-7,11-12H,3-5,8-10H2,1-2H3,(H2,21,23,25)/t12-/m0/s1. The Morgan fingerprint density at radius 3 is 3.08 bits per heavy atom. The maximum absolute atomic E-state index is 12.1. The minimum absolute atomic E-state index is 0.199. The maximum Gasteiger partial charge on any atom is 0.319 e. The van der Waals surface area contributed by atoms with Crippen molar-refractivity contribution in [1.82, 2.24) is 15.3 Å². The van der Waals surface area contributed by atoms with Crippen LogP contribution in [0.2, 0.25) is 0 Å². The van der Waals surface area contributed by atoms with E-state index in [9.17, 15) is 4.79 Å². The number of nitrogens with one attached hydrogen (secondary N) is 2. The SMILES string of the molecule is Cc1nc(CCNC(=O)Nc2ccc3c(c2)C[C@H](C)O3)nc2c1CCC2. The molecule has 0 radical (unpaired) electrons. The molecular formula is C20H24N4O2. The van der Waals surface area contributed by atoms with Gasteiger partial charge in [-0.1, -0.05) is 0 Å². The molecule has 0 saturated carbocycles. The number of amides is 2. The first kappa shape index (κ1) is 16.8. The molecule has 2 amide bonds. The van der Waals surface area contributed by atoms with Gasteiger partial charge in [-0.3, -0.25) is 0 Å². The molecule has 6 nitrogen and oxygen atoms in total. The first-order chi connectivity index (χ1) is 12.6. The summed E-state index contributed by atoms with van der Waals surface area (Å²) in [5.74, 6) is 1.72. The van der Waals surface area contributed by atoms with Crippen LogP contribution in [0, 0.1) is 6.92 Å². The minimum atomic E-state index is -0.213. The van der Waals surface area contributed by atoms with Crippen molar-refractivity contribution in [3.05, 3.63) is 46.5 Å². The molecule has 0 spiro atoms. The third-order valence-corrected chi connectivity index (χ3v) is 4.97. The Kier molecular flexibility index (Phi) is 4.49. The van der Waals surface area contributed by atoms with Crippen molar-refractivity contribution in [2.75, 3.05) is 11.9 Å². The molecule has 4 rings (SSSR count). The summed E-state index contributed by atoms with van der Waals surface area (Å²) in [5, 5.41) is 5.76. The molecule has 6 heteroatoms. The molecule has 0 saturated heterocycles. The van der Waals surface area contributed by atoms with Crippen LogP contribution >= 0.6 is 0 Å². The highest BCUT2D eigenvalue weighted by atomic mass is 16.5. The highest BCUT2D eigenvalue weighted by Crippen LogP contribution is 2.30. The Morgan fingerprint density at radius 1 is 1.31 bits per heavy atom. The van der Waals surface area contributed by atoms with Gasteiger partial charge in [-0.25, -0.2) is 14.8 Å². The number of nitrogens with zero attached hydrogens (tertiary/aromatic N) is 2. The summed E-state index contributed by atoms with van der Waals surface area (Å²) in [5.41, 5.74) is 5.50. The first-order valence-corrected chi connectivity index (χ1v) is 9.28. The van der Waals surface area contributed by atoms with Gasteiger partial charge in [-0.05, 0) is 62.4 Å². The maximum atomic E-state index is 12.1. The van der Waals surface area contributed by atoms with Gasteiger partial charge < -0.3 is 15.4 Å². The van der Waals surface area contributed by atoms with Crippen molar-refractivity contribution in [3.8, 4) is 5.75 Å². The Hall–Kier alpha value is -2.63. The topological polar surface area (TPSA) is 76.1 Å². The van der Waals surface area contributed by atoms with E-state index >= 15 is 0 Å². The number of hydrogen-bond acceptors (Lipinski definition) is 4. The number of aromatic nitrogens is 2. The van der Waals surface area contributed by atoms with Crippen LogP contribution in [-0.2, 0) is 25.7 Å². The molecule has 1 aromatic heterocycles. The van der Waals surface area contributed by atoms with E-state index in [1.54, 1.807) is 0 Å². The molecule has 0 fully saturated rings. The molecule has 0 bridgehead atoms. The fraction of sp³-hybridized carbons (Fsp3) is 0.450. The van der Waals surface area contributed by atoms with Crippen LogP contribution in [0.1, 0.15) is 41.7 Å². The van der Waals surface area contributed by atoms with Crippen molar-refractivity contribution < 1.29 is 9.53 Å². The van der Waals surface area contributed by atoms with Gasteiger partial charge in [-0.2, -0.15) is 0 Å². The van der Waals surface area contributed by atoms with Gasteiger partial charge in [0.2, 0.25) is 0 Å². The van der Waals surface area contributed by atoms with Gasteiger partial charge in [-0.15, -0.1) is 0 Å². The van der Waals surface area contributed by atoms with E-state index in [0.717, 1.165) is 47.8 Å². The summed E-state index contributed by atoms with van der Waals surface area (Å²) in [4.78, 5) is 21.3. The van der Waals surface area contributed by atoms with Gasteiger partial charge in [0.05, 0.1) is 0 Å². The van der Waals surface area contributed by atoms with E-state index in [4.69, 9.17) is 4.74 Å². The average Bonchev–Trinajstić information content (AvgIpc) is 3.20. The van der Waals surface area contributed by atoms with Gasteiger partial charge in [0, 0.05) is 36.5 Å². The van der Waals surface area contributed by atoms with Crippen molar-refractivity contribution in [2.45, 2.75) is 52.1 Å². The Labute approximate surface area is 153 Å². The number of hydrogen-bond donors (Lipinski definition) is 2. The van der Waals surface area contributed by atoms with Crippen molar-refractivity contribution in [2.24, 2.45) is 0 Å². The number of fused-ring (bicyclic) bond motifs is 2. The summed E-state index contributed by atoms with van der Waals surface area (Å²) in [7, 11) is 0. The van der Waals surface area contributed by atoms with Crippen molar-refractivity contribution in [1.29, 1.82) is 0 Å². The number of rotatable bonds is 4. The summed E-state index contributed by atoms with van der Waals surface area (Å²) >= 11 is 0. The second kappa shape index (κ2) is 6.94. The zero-order valence-electron chi connectivity index (χ0n) is 15.3. The number of carbonyl (C=O) groups is 1. The number of benzene rings is 1. The summed E-state index contributed by atoms with van der Waals surface area (Å²) in [6, 6.07) is 5.54. The predicted octanol–water partition coefficient (Wildman–Crippen LogP) is 2.96. The van der Waals surface area contributed by atoms with Gasteiger partial charge in [0.1, 0.15) is 17.7 Å². The largest absolute Gasteiger partial charge is 0.490 e. The van der Waals surface area contributed by atoms with Crippen molar-refractivity contribution >= 4 is 11.7 Å². The smallest absolute Gasteiger partial charge is 0.319 e. The second-order valence-electron chi connectivity index (χ2n) is 7.09. The Morgan fingerprint density at radius 2 is 2.19 bits per heavy atom. The molecule has 1 aromatic carbocycles. The van der Waals surface area contributed by atoms with Gasteiger partial charge in [0.25, 0.3) is 0 Å². The first-order valence-electron chi connectivity index (χ1n) is 9.28. The fourth-order valence-corrected chi connectivity index (χ4v) is 3.76. The number of ether oxygens (including phenoxy) is 1. The predicted molar refractivity (Wildman–Crippen MR) is 99.8 cm³/mol. The molecule has 1 atom stereocenters. The van der Waals surface area contributed by atoms with Gasteiger partial charge in [0.15, 0.2) is 0 Å². The van der Waals surface area contributed by atoms with E-state index in [2.05, 4.69) is 20.6 Å². The van der Waals surface area contributed by atoms with Crippen LogP contribution in [0.15, 0.2) is 18.2 Å². The lowest BCUT2D eigenvalue weighted by atomic mass is 10.1. The summed E-state index contributed by atoms with van der Waals surface area (Å²) in [6.45, 7) is 4.60. The van der Waals surface area contributed by atoms with E-state index in [0.29, 0.717) is 13.0 Å². The highest BCUT2D eigenvalue weighted by molar-refractivity contribution is 5.89. The molecule has 2 aliphatic rings. The molecule has 2 N–H and O–H groups in total. The zero-order valence-corrected chi connectivity index (χ0v) is 15.3. The third kappa shape index (κ3) is 3.49. The molecule has 136 valence electrons. The van der Waals surface area contributed by atoms with Crippen LogP contribution < -0.4 is 15.4 Å². The molecule has 1 aliphatic heterocycles. The van der Waals surface area contributed by atoms with Crippen LogP contribution in [0.4, 0.5) is 10.5 Å². The normalized spacial score (nSPS) is 17.4. The van der Waals surface area contributed by atoms with Crippen LogP contribution in [0.5, 0.6) is 5.75 Å². The van der Waals surface area contributed by atoms with Gasteiger partial charge >= 0.3 is 6.03 Å². The van der Waals surface area contributed by atoms with E-state index in [1.807, 2.05) is 32.0 Å². The fourth-order valence-electron chi connectivity index (χ4n) is 3.76. The molecule has 26 heavy (non-hydrogen) atoms. The Balaban J connectivity index is 1.30. The number of anilines is 1. The number of aryl methyl sites for hydroxylation is 2. The van der Waals surface area contributed by atoms with Crippen LogP contribution in [0.25, 0.3) is 0 Å². The summed E-state index contributed by atoms with van der Waals surface area (Å²) in [6.07, 6.45) is 5.01. The Bertz CT molecular complexity index is 850. The monoisotopic (exact) mass is 352 g/mol. The number of carbonyl (C=O) groups excluding carboxylic acids is 1. The zero-order chi connectivity index (χ0) is 18.1. The minimum Gasteiger partial charge on any atom is -0.490 e. The lowest BCUT2D eigenvalue weighted by molar-refractivity contribution is 0.252.